The van der Waals surface area contributed by atoms with E-state index in [9.17, 15) is 9.18 Å². The Morgan fingerprint density at radius 3 is 2.04 bits per heavy atom. The monoisotopic (exact) mass is 314 g/mol. The van der Waals surface area contributed by atoms with E-state index in [0.717, 1.165) is 16.8 Å². The Morgan fingerprint density at radius 1 is 0.957 bits per heavy atom. The van der Waals surface area contributed by atoms with E-state index in [0.29, 0.717) is 19.5 Å². The summed E-state index contributed by atoms with van der Waals surface area (Å²) in [6, 6.07) is 14.3. The molecule has 0 aliphatic heterocycles. The lowest BCUT2D eigenvalue weighted by atomic mass is 10.1. The van der Waals surface area contributed by atoms with Crippen LogP contribution in [0.2, 0.25) is 0 Å². The molecule has 0 heterocycles. The number of carbonyl (C=O) groups excluding carboxylic acids is 1. The van der Waals surface area contributed by atoms with E-state index in [-0.39, 0.29) is 11.7 Å². The van der Waals surface area contributed by atoms with E-state index in [1.54, 1.807) is 12.1 Å². The Bertz CT molecular complexity index is 635. The number of benzene rings is 2. The van der Waals surface area contributed by atoms with Gasteiger partial charge in [0.15, 0.2) is 0 Å². The van der Waals surface area contributed by atoms with Gasteiger partial charge in [-0.2, -0.15) is 0 Å². The Kier molecular flexibility index (Phi) is 5.74. The normalized spacial score (nSPS) is 10.4. The second kappa shape index (κ2) is 7.77. The van der Waals surface area contributed by atoms with Gasteiger partial charge < -0.3 is 9.80 Å². The van der Waals surface area contributed by atoms with Crippen LogP contribution in [0.4, 0.5) is 10.1 Å². The predicted octanol–water partition coefficient (Wildman–Crippen LogP) is 3.48. The zero-order valence-electron chi connectivity index (χ0n) is 13.9. The number of hydrogen-bond donors (Lipinski definition) is 0. The third kappa shape index (κ3) is 4.81. The van der Waals surface area contributed by atoms with E-state index in [2.05, 4.69) is 0 Å². The highest BCUT2D eigenvalue weighted by atomic mass is 19.1. The molecular weight excluding hydrogens is 291 g/mol. The van der Waals surface area contributed by atoms with Gasteiger partial charge in [-0.3, -0.25) is 4.79 Å². The molecule has 122 valence electrons. The molecule has 2 rings (SSSR count). The molecule has 2 aromatic carbocycles. The molecule has 23 heavy (non-hydrogen) atoms. The third-order valence-corrected chi connectivity index (χ3v) is 3.83. The van der Waals surface area contributed by atoms with Gasteiger partial charge in [0.2, 0.25) is 5.91 Å². The predicted molar refractivity (Wildman–Crippen MR) is 92.0 cm³/mol. The highest BCUT2D eigenvalue weighted by Crippen LogP contribution is 2.14. The van der Waals surface area contributed by atoms with Crippen molar-refractivity contribution in [1.29, 1.82) is 0 Å². The number of hydrogen-bond acceptors (Lipinski definition) is 2. The lowest BCUT2D eigenvalue weighted by Crippen LogP contribution is -2.31. The lowest BCUT2D eigenvalue weighted by Gasteiger charge is -2.22. The highest BCUT2D eigenvalue weighted by molar-refractivity contribution is 5.78. The van der Waals surface area contributed by atoms with Gasteiger partial charge >= 0.3 is 0 Å². The van der Waals surface area contributed by atoms with Crippen LogP contribution in [-0.4, -0.2) is 31.4 Å². The maximum atomic E-state index is 12.9. The summed E-state index contributed by atoms with van der Waals surface area (Å²) in [5.41, 5.74) is 3.07. The number of anilines is 1. The Labute approximate surface area is 137 Å². The van der Waals surface area contributed by atoms with E-state index in [1.807, 2.05) is 55.1 Å². The second-order valence-electron chi connectivity index (χ2n) is 5.77. The molecule has 0 fully saturated rings. The van der Waals surface area contributed by atoms with Crippen LogP contribution in [0.25, 0.3) is 0 Å². The molecule has 0 N–H and O–H groups in total. The fraction of sp³-hybridized carbons (Fsp3) is 0.316. The van der Waals surface area contributed by atoms with Crippen LogP contribution in [0.1, 0.15) is 18.1 Å². The summed E-state index contributed by atoms with van der Waals surface area (Å²) in [6.45, 7) is 3.20. The standard InChI is InChI=1S/C19H23FN2O/c1-4-22(14-16-7-11-18(12-8-16)21(2)3)19(23)13-15-5-9-17(20)10-6-15/h5-12H,4,13-14H2,1-3H3. The van der Waals surface area contributed by atoms with Gasteiger partial charge in [0.05, 0.1) is 6.42 Å². The number of halogens is 1. The van der Waals surface area contributed by atoms with Gasteiger partial charge in [-0.05, 0) is 42.3 Å². The minimum atomic E-state index is -0.283. The number of likely N-dealkylation sites (N-methyl/N-ethyl adjacent to an activating group) is 1. The Hall–Kier alpha value is -2.36. The van der Waals surface area contributed by atoms with Gasteiger partial charge in [-0.25, -0.2) is 4.39 Å². The summed E-state index contributed by atoms with van der Waals surface area (Å²) in [5.74, 6) is -0.231. The average molecular weight is 314 g/mol. The maximum absolute atomic E-state index is 12.9. The maximum Gasteiger partial charge on any atom is 0.227 e. The quantitative estimate of drug-likeness (QED) is 0.815. The number of rotatable bonds is 6. The molecule has 0 aliphatic carbocycles. The van der Waals surface area contributed by atoms with Crippen molar-refractivity contribution in [3.8, 4) is 0 Å². The molecule has 2 aromatic rings. The van der Waals surface area contributed by atoms with E-state index in [4.69, 9.17) is 0 Å². The lowest BCUT2D eigenvalue weighted by molar-refractivity contribution is -0.130. The second-order valence-corrected chi connectivity index (χ2v) is 5.77. The number of amides is 1. The number of nitrogens with zero attached hydrogens (tertiary/aromatic N) is 2. The molecule has 4 heteroatoms. The molecule has 3 nitrogen and oxygen atoms in total. The summed E-state index contributed by atoms with van der Waals surface area (Å²) >= 11 is 0. The first kappa shape index (κ1) is 17.0. The third-order valence-electron chi connectivity index (χ3n) is 3.83. The Balaban J connectivity index is 2.00. The van der Waals surface area contributed by atoms with Gasteiger partial charge in [0.1, 0.15) is 5.82 Å². The molecule has 0 radical (unpaired) electrons. The molecule has 0 aromatic heterocycles. The van der Waals surface area contributed by atoms with Crippen LogP contribution in [0, 0.1) is 5.82 Å². The molecule has 1 amide bonds. The molecule has 0 saturated heterocycles. The van der Waals surface area contributed by atoms with Gasteiger partial charge in [-0.1, -0.05) is 24.3 Å². The number of carbonyl (C=O) groups is 1. The SMILES string of the molecule is CCN(Cc1ccc(N(C)C)cc1)C(=O)Cc1ccc(F)cc1. The molecule has 0 aliphatic rings. The summed E-state index contributed by atoms with van der Waals surface area (Å²) in [4.78, 5) is 16.3. The zero-order valence-corrected chi connectivity index (χ0v) is 13.9. The van der Waals surface area contributed by atoms with E-state index >= 15 is 0 Å². The van der Waals surface area contributed by atoms with Crippen molar-refractivity contribution >= 4 is 11.6 Å². The first-order valence-electron chi connectivity index (χ1n) is 7.78. The molecule has 0 bridgehead atoms. The van der Waals surface area contributed by atoms with Gasteiger partial charge in [0, 0.05) is 32.9 Å². The topological polar surface area (TPSA) is 23.6 Å². The minimum Gasteiger partial charge on any atom is -0.378 e. The van der Waals surface area contributed by atoms with Crippen LogP contribution in [0.3, 0.4) is 0 Å². The fourth-order valence-corrected chi connectivity index (χ4v) is 2.38. The first-order chi connectivity index (χ1) is 11.0. The Morgan fingerprint density at radius 2 is 1.52 bits per heavy atom. The van der Waals surface area contributed by atoms with Crippen LogP contribution in [-0.2, 0) is 17.8 Å². The molecular formula is C19H23FN2O. The summed E-state index contributed by atoms with van der Waals surface area (Å²) < 4.78 is 12.9. The van der Waals surface area contributed by atoms with Crippen LogP contribution >= 0.6 is 0 Å². The minimum absolute atomic E-state index is 0.0517. The molecule has 0 atom stereocenters. The van der Waals surface area contributed by atoms with Crippen molar-refractivity contribution in [3.63, 3.8) is 0 Å². The van der Waals surface area contributed by atoms with Crippen molar-refractivity contribution < 1.29 is 9.18 Å². The van der Waals surface area contributed by atoms with Crippen molar-refractivity contribution in [3.05, 3.63) is 65.5 Å². The van der Waals surface area contributed by atoms with Crippen LogP contribution in [0.15, 0.2) is 48.5 Å². The van der Waals surface area contributed by atoms with E-state index < -0.39 is 0 Å². The molecule has 0 unspecified atom stereocenters. The van der Waals surface area contributed by atoms with Crippen molar-refractivity contribution in [1.82, 2.24) is 4.90 Å². The highest BCUT2D eigenvalue weighted by Gasteiger charge is 2.13. The van der Waals surface area contributed by atoms with Crippen molar-refractivity contribution in [2.45, 2.75) is 19.9 Å². The van der Waals surface area contributed by atoms with Gasteiger partial charge in [-0.15, -0.1) is 0 Å². The van der Waals surface area contributed by atoms with Crippen LogP contribution < -0.4 is 4.90 Å². The molecule has 0 saturated carbocycles. The summed E-state index contributed by atoms with van der Waals surface area (Å²) in [6.07, 6.45) is 0.296. The summed E-state index contributed by atoms with van der Waals surface area (Å²) in [5, 5.41) is 0. The van der Waals surface area contributed by atoms with Crippen molar-refractivity contribution in [2.24, 2.45) is 0 Å². The first-order valence-corrected chi connectivity index (χ1v) is 7.78. The smallest absolute Gasteiger partial charge is 0.227 e. The largest absolute Gasteiger partial charge is 0.378 e. The van der Waals surface area contributed by atoms with Crippen molar-refractivity contribution in [2.75, 3.05) is 25.5 Å². The zero-order chi connectivity index (χ0) is 16.8. The van der Waals surface area contributed by atoms with Crippen LogP contribution in [0.5, 0.6) is 0 Å². The fourth-order valence-electron chi connectivity index (χ4n) is 2.38. The average Bonchev–Trinajstić information content (AvgIpc) is 2.55. The molecule has 0 spiro atoms. The summed E-state index contributed by atoms with van der Waals surface area (Å²) in [7, 11) is 4.00. The van der Waals surface area contributed by atoms with Gasteiger partial charge in [0.25, 0.3) is 0 Å². The van der Waals surface area contributed by atoms with E-state index in [1.165, 1.54) is 12.1 Å².